The molecule has 0 fully saturated rings. The Morgan fingerprint density at radius 3 is 1.07 bits per heavy atom. The molecule has 0 saturated carbocycles. The lowest BCUT2D eigenvalue weighted by Crippen LogP contribution is -2.37. The number of carboxylic acid groups (broad SMARTS) is 2. The maximum Gasteiger partial charge on any atom is 0.490 e. The number of thioether (sulfide) groups is 2. The lowest BCUT2D eigenvalue weighted by atomic mass is 10.1. The van der Waals surface area contributed by atoms with Crippen LogP contribution in [0, 0.1) is 10.8 Å². The number of hydrogen-bond donors (Lipinski definition) is 7. The Morgan fingerprint density at radius 1 is 0.494 bits per heavy atom. The quantitative estimate of drug-likeness (QED) is 0.0217. The maximum atomic E-state index is 14.2. The number of alkyl halides is 6. The maximum absolute atomic E-state index is 14.2. The number of hydrogen-bond acceptors (Lipinski definition) is 14. The Balaban J connectivity index is 0.000000254. The van der Waals surface area contributed by atoms with Crippen LogP contribution in [0.15, 0.2) is 199 Å². The zero-order valence-electron chi connectivity index (χ0n) is 41.6. The molecule has 2 aromatic heterocycles. The molecule has 0 radical (unpaired) electrons. The van der Waals surface area contributed by atoms with Crippen LogP contribution in [0.5, 0.6) is 0 Å². The summed E-state index contributed by atoms with van der Waals surface area (Å²) >= 11 is 4.94. The summed E-state index contributed by atoms with van der Waals surface area (Å²) in [7, 11) is -13.0. The minimum Gasteiger partial charge on any atom is -0.475 e. The summed E-state index contributed by atoms with van der Waals surface area (Å²) in [5, 5.41) is 29.6. The van der Waals surface area contributed by atoms with E-state index >= 15 is 0 Å². The fourth-order valence-electron chi connectivity index (χ4n) is 6.64. The number of aliphatic carboxylic acids is 2. The van der Waals surface area contributed by atoms with Gasteiger partial charge in [-0.2, -0.15) is 30.1 Å². The van der Waals surface area contributed by atoms with Gasteiger partial charge in [-0.3, -0.25) is 15.5 Å². The number of nitrogens with one attached hydrogen (secondary N) is 3. The predicted molar refractivity (Wildman–Crippen MR) is 305 cm³/mol. The molecule has 29 heteroatoms. The highest BCUT2D eigenvalue weighted by atomic mass is 32.3. The second-order valence-electron chi connectivity index (χ2n) is 15.9. The molecular weight excluding hydrogens is 1210 g/mol. The summed E-state index contributed by atoms with van der Waals surface area (Å²) in [6, 6.07) is 50.5. The standard InChI is InChI=1S/C30H25N3O4S4.C18H17N3O2S3.2C2HF3O2/c1-38-30-27(20-28(39-30)29(31)32)33(40(34,35)25-16-12-23(13-17-25)21-8-4-2-5-9-21)41(36,37)26-18-14-24(15-19-26)22-10-6-3-7-11-22;1-24-18-15(11-16(25-18)17(19)20)21-26(22,23)14-9-7-13(8-10-14)12-5-3-2-4-6-12;2*3-2(4,5)1(6)7/h2-20H,1H3,(H3,31,32);2-11,21H,1H3,(H3,19,20);2*(H,6,7). The van der Waals surface area contributed by atoms with E-state index in [2.05, 4.69) is 4.72 Å². The molecule has 0 aliphatic carbocycles. The molecule has 0 bridgehead atoms. The number of nitrogen functional groups attached to an aromatic ring is 2. The van der Waals surface area contributed by atoms with Crippen molar-refractivity contribution in [3.05, 3.63) is 186 Å². The van der Waals surface area contributed by atoms with Crippen molar-refractivity contribution in [2.24, 2.45) is 11.5 Å². The smallest absolute Gasteiger partial charge is 0.475 e. The second kappa shape index (κ2) is 27.2. The van der Waals surface area contributed by atoms with Crippen molar-refractivity contribution in [2.45, 2.75) is 35.5 Å². The van der Waals surface area contributed by atoms with Gasteiger partial charge in [0, 0.05) is 0 Å². The van der Waals surface area contributed by atoms with Crippen molar-refractivity contribution in [1.82, 2.24) is 0 Å². The molecule has 0 aliphatic heterocycles. The molecule has 9 N–H and O–H groups in total. The molecule has 2 heterocycles. The van der Waals surface area contributed by atoms with E-state index in [9.17, 15) is 51.6 Å². The van der Waals surface area contributed by atoms with Gasteiger partial charge >= 0.3 is 24.3 Å². The van der Waals surface area contributed by atoms with Crippen LogP contribution in [0.3, 0.4) is 0 Å². The number of nitrogens with two attached hydrogens (primary N) is 2. The van der Waals surface area contributed by atoms with Crippen molar-refractivity contribution >= 4 is 111 Å². The SMILES string of the molecule is CSc1sc(C(=N)N)cc1N(S(=O)(=O)c1ccc(-c2ccccc2)cc1)S(=O)(=O)c1ccc(-c2ccccc2)cc1.CSc1sc(C(=N)N)cc1NS(=O)(=O)c1ccc(-c2ccccc2)cc1.O=C(O)C(F)(F)F.O=C(O)C(F)(F)F. The largest absolute Gasteiger partial charge is 0.490 e. The first-order chi connectivity index (χ1) is 37.9. The van der Waals surface area contributed by atoms with E-state index in [1.807, 2.05) is 97.3 Å². The van der Waals surface area contributed by atoms with Crippen molar-refractivity contribution in [1.29, 1.82) is 10.8 Å². The number of carboxylic acids is 2. The van der Waals surface area contributed by atoms with Gasteiger partial charge in [-0.25, -0.2) is 34.8 Å². The van der Waals surface area contributed by atoms with Crippen molar-refractivity contribution < 1.29 is 71.4 Å². The number of anilines is 2. The zero-order valence-corrected chi connectivity index (χ0v) is 47.3. The number of halogens is 6. The number of nitrogens with zero attached hydrogens (tertiary/aromatic N) is 1. The van der Waals surface area contributed by atoms with Crippen LogP contribution in [-0.4, -0.2) is 83.9 Å². The van der Waals surface area contributed by atoms with Gasteiger partial charge in [0.2, 0.25) is 0 Å². The zero-order chi connectivity index (χ0) is 60.1. The minimum atomic E-state index is -5.08. The van der Waals surface area contributed by atoms with Crippen LogP contribution in [0.2, 0.25) is 0 Å². The van der Waals surface area contributed by atoms with Gasteiger partial charge in [0.1, 0.15) is 11.7 Å². The Morgan fingerprint density at radius 2 is 0.778 bits per heavy atom. The fourth-order valence-corrected chi connectivity index (χ4v) is 15.1. The normalized spacial score (nSPS) is 11.5. The molecule has 0 amide bonds. The topological polar surface area (TPSA) is 292 Å². The summed E-state index contributed by atoms with van der Waals surface area (Å²) in [6.45, 7) is 0. The van der Waals surface area contributed by atoms with Crippen molar-refractivity contribution in [3.63, 3.8) is 0 Å². The van der Waals surface area contributed by atoms with Gasteiger partial charge in [-0.05, 0) is 94.4 Å². The van der Waals surface area contributed by atoms with E-state index in [0.717, 1.165) is 48.9 Å². The average molecular weight is 1250 g/mol. The number of carbonyl (C=O) groups is 2. The van der Waals surface area contributed by atoms with Gasteiger partial charge in [-0.1, -0.05) is 127 Å². The first-order valence-corrected chi connectivity index (χ1v) is 30.8. The predicted octanol–water partition coefficient (Wildman–Crippen LogP) is 12.2. The fraction of sp³-hybridized carbons (Fsp3) is 0.0769. The molecule has 0 spiro atoms. The second-order valence-corrected chi connectivity index (χ2v) is 25.7. The van der Waals surface area contributed by atoms with E-state index in [0.29, 0.717) is 18.5 Å². The first-order valence-electron chi connectivity index (χ1n) is 22.4. The van der Waals surface area contributed by atoms with Crippen LogP contribution in [-0.2, 0) is 39.7 Å². The Labute approximate surface area is 477 Å². The number of amidine groups is 2. The Bertz CT molecular complexity index is 3700. The lowest BCUT2D eigenvalue weighted by molar-refractivity contribution is -0.193. The van der Waals surface area contributed by atoms with Gasteiger partial charge in [0.15, 0.2) is 0 Å². The number of thiophene rings is 2. The molecule has 0 atom stereocenters. The summed E-state index contributed by atoms with van der Waals surface area (Å²) in [6.07, 6.45) is -6.61. The molecular formula is C52H44F6N6O10S7. The third kappa shape index (κ3) is 16.9. The van der Waals surface area contributed by atoms with E-state index in [4.69, 9.17) is 42.1 Å². The molecule has 6 aromatic carbocycles. The van der Waals surface area contributed by atoms with E-state index in [1.54, 1.807) is 60.9 Å². The Hall–Kier alpha value is -7.67. The number of sulfonamides is 3. The van der Waals surface area contributed by atoms with E-state index in [1.165, 1.54) is 65.2 Å². The third-order valence-electron chi connectivity index (χ3n) is 10.4. The number of rotatable bonds is 15. The monoisotopic (exact) mass is 1250 g/mol. The summed E-state index contributed by atoms with van der Waals surface area (Å²) < 4.78 is 150. The highest BCUT2D eigenvalue weighted by Gasteiger charge is 2.40. The van der Waals surface area contributed by atoms with Crippen LogP contribution >= 0.6 is 46.2 Å². The highest BCUT2D eigenvalue weighted by molar-refractivity contribution is 8.10. The summed E-state index contributed by atoms with van der Waals surface area (Å²) in [5.74, 6) is -5.88. The van der Waals surface area contributed by atoms with Crippen LogP contribution < -0.4 is 19.9 Å². The molecule has 8 aromatic rings. The van der Waals surface area contributed by atoms with Gasteiger partial charge < -0.3 is 21.7 Å². The summed E-state index contributed by atoms with van der Waals surface area (Å²) in [5.41, 5.74) is 16.9. The van der Waals surface area contributed by atoms with E-state index < -0.39 is 54.4 Å². The number of benzene rings is 6. The molecule has 0 aliphatic rings. The molecule has 0 unspecified atom stereocenters. The molecule has 16 nitrogen and oxygen atoms in total. The molecule has 0 saturated heterocycles. The molecule has 8 rings (SSSR count). The lowest BCUT2D eigenvalue weighted by Gasteiger charge is -2.24. The van der Waals surface area contributed by atoms with E-state index in [-0.39, 0.29) is 36.9 Å². The summed E-state index contributed by atoms with van der Waals surface area (Å²) in [4.78, 5) is 18.4. The molecule has 81 heavy (non-hydrogen) atoms. The van der Waals surface area contributed by atoms with Crippen LogP contribution in [0.25, 0.3) is 33.4 Å². The highest BCUT2D eigenvalue weighted by Crippen LogP contribution is 2.43. The average Bonchev–Trinajstić information content (AvgIpc) is 4.31. The first kappa shape index (κ1) is 64.2. The van der Waals surface area contributed by atoms with Gasteiger partial charge in [0.05, 0.1) is 44.2 Å². The Kier molecular flexibility index (Phi) is 21.5. The van der Waals surface area contributed by atoms with Gasteiger partial charge in [0.25, 0.3) is 30.1 Å². The molecule has 426 valence electrons. The van der Waals surface area contributed by atoms with Crippen LogP contribution in [0.1, 0.15) is 9.75 Å². The van der Waals surface area contributed by atoms with Gasteiger partial charge in [-0.15, -0.1) is 46.2 Å². The third-order valence-corrected chi connectivity index (χ3v) is 20.6. The minimum absolute atomic E-state index is 0.0769. The van der Waals surface area contributed by atoms with Crippen molar-refractivity contribution in [2.75, 3.05) is 20.9 Å². The van der Waals surface area contributed by atoms with Crippen molar-refractivity contribution in [3.8, 4) is 33.4 Å². The van der Waals surface area contributed by atoms with Crippen LogP contribution in [0.4, 0.5) is 37.7 Å².